The van der Waals surface area contributed by atoms with Crippen molar-refractivity contribution >= 4 is 28.4 Å². The van der Waals surface area contributed by atoms with E-state index < -0.39 is 0 Å². The van der Waals surface area contributed by atoms with E-state index in [9.17, 15) is 4.79 Å². The van der Waals surface area contributed by atoms with Crippen molar-refractivity contribution in [2.75, 3.05) is 6.61 Å². The van der Waals surface area contributed by atoms with Crippen LogP contribution in [0.1, 0.15) is 15.9 Å². The molecule has 0 bridgehead atoms. The third-order valence-electron chi connectivity index (χ3n) is 1.90. The van der Waals surface area contributed by atoms with Gasteiger partial charge in [0.1, 0.15) is 6.61 Å². The minimum Gasteiger partial charge on any atom is -0.369 e. The van der Waals surface area contributed by atoms with Gasteiger partial charge in [0.2, 0.25) is 0 Å². The number of hydrogen-bond acceptors (Lipinski definition) is 2. The second-order valence-corrected chi connectivity index (χ2v) is 3.84. The molecule has 0 radical (unpaired) electrons. The van der Waals surface area contributed by atoms with Crippen molar-refractivity contribution in [2.24, 2.45) is 0 Å². The SMILES string of the molecule is O=C1COCc2c(I)cccc21. The van der Waals surface area contributed by atoms with Crippen molar-refractivity contribution in [1.29, 1.82) is 0 Å². The Morgan fingerprint density at radius 2 is 2.17 bits per heavy atom. The van der Waals surface area contributed by atoms with Gasteiger partial charge in [-0.25, -0.2) is 0 Å². The van der Waals surface area contributed by atoms with Gasteiger partial charge in [-0.3, -0.25) is 4.79 Å². The first-order chi connectivity index (χ1) is 5.79. The molecule has 1 aliphatic rings. The molecule has 0 fully saturated rings. The van der Waals surface area contributed by atoms with Crippen LogP contribution in [0.4, 0.5) is 0 Å². The Kier molecular flexibility index (Phi) is 2.14. The highest BCUT2D eigenvalue weighted by Crippen LogP contribution is 2.21. The number of fused-ring (bicyclic) bond motifs is 1. The van der Waals surface area contributed by atoms with E-state index >= 15 is 0 Å². The van der Waals surface area contributed by atoms with Crippen LogP contribution in [0.25, 0.3) is 0 Å². The number of halogens is 1. The molecule has 0 atom stereocenters. The summed E-state index contributed by atoms with van der Waals surface area (Å²) < 4.78 is 6.24. The molecule has 0 saturated heterocycles. The molecule has 0 N–H and O–H groups in total. The summed E-state index contributed by atoms with van der Waals surface area (Å²) in [6, 6.07) is 5.76. The molecule has 62 valence electrons. The molecule has 1 heterocycles. The third-order valence-corrected chi connectivity index (χ3v) is 2.91. The van der Waals surface area contributed by atoms with Crippen molar-refractivity contribution in [3.63, 3.8) is 0 Å². The molecule has 2 nitrogen and oxygen atoms in total. The second kappa shape index (κ2) is 3.14. The maximum Gasteiger partial charge on any atom is 0.188 e. The number of carbonyl (C=O) groups excluding carboxylic acids is 1. The van der Waals surface area contributed by atoms with Crippen molar-refractivity contribution in [2.45, 2.75) is 6.61 Å². The Morgan fingerprint density at radius 1 is 1.33 bits per heavy atom. The van der Waals surface area contributed by atoms with Crippen LogP contribution in [0.5, 0.6) is 0 Å². The molecule has 0 aromatic heterocycles. The summed E-state index contributed by atoms with van der Waals surface area (Å²) in [6.07, 6.45) is 0. The van der Waals surface area contributed by atoms with Crippen LogP contribution in [0, 0.1) is 3.57 Å². The standard InChI is InChI=1S/C9H7IO2/c10-8-3-1-2-6-7(8)4-12-5-9(6)11/h1-3H,4-5H2. The Bertz CT molecular complexity index is 333. The predicted molar refractivity (Wildman–Crippen MR) is 53.1 cm³/mol. The average Bonchev–Trinajstić information content (AvgIpc) is 2.07. The fourth-order valence-electron chi connectivity index (χ4n) is 1.29. The Morgan fingerprint density at radius 3 is 2.92 bits per heavy atom. The van der Waals surface area contributed by atoms with Gasteiger partial charge in [-0.15, -0.1) is 0 Å². The molecule has 12 heavy (non-hydrogen) atoms. The molecule has 0 amide bonds. The number of carbonyl (C=O) groups is 1. The van der Waals surface area contributed by atoms with Crippen molar-refractivity contribution in [1.82, 2.24) is 0 Å². The van der Waals surface area contributed by atoms with Gasteiger partial charge in [0.05, 0.1) is 6.61 Å². The number of ether oxygens (including phenoxy) is 1. The van der Waals surface area contributed by atoms with Crippen LogP contribution in [0.2, 0.25) is 0 Å². The lowest BCUT2D eigenvalue weighted by Crippen LogP contribution is -2.18. The van der Waals surface area contributed by atoms with Gasteiger partial charge in [-0.1, -0.05) is 12.1 Å². The molecular formula is C9H7IO2. The molecule has 0 aliphatic carbocycles. The van der Waals surface area contributed by atoms with Crippen LogP contribution in [-0.2, 0) is 11.3 Å². The highest BCUT2D eigenvalue weighted by molar-refractivity contribution is 14.1. The lowest BCUT2D eigenvalue weighted by Gasteiger charge is -2.15. The first-order valence-electron chi connectivity index (χ1n) is 3.67. The van der Waals surface area contributed by atoms with E-state index in [-0.39, 0.29) is 12.4 Å². The minimum atomic E-state index is 0.0924. The molecule has 3 heteroatoms. The van der Waals surface area contributed by atoms with Crippen LogP contribution in [0.3, 0.4) is 0 Å². The zero-order valence-corrected chi connectivity index (χ0v) is 8.50. The second-order valence-electron chi connectivity index (χ2n) is 2.68. The van der Waals surface area contributed by atoms with Gasteiger partial charge in [0.25, 0.3) is 0 Å². The van der Waals surface area contributed by atoms with E-state index in [2.05, 4.69) is 22.6 Å². The van der Waals surface area contributed by atoms with Gasteiger partial charge in [-0.2, -0.15) is 0 Å². The Hall–Kier alpha value is -0.420. The quantitative estimate of drug-likeness (QED) is 0.676. The summed E-state index contributed by atoms with van der Waals surface area (Å²) in [5.74, 6) is 0.0924. The molecule has 2 rings (SSSR count). The first-order valence-corrected chi connectivity index (χ1v) is 4.75. The zero-order valence-electron chi connectivity index (χ0n) is 6.34. The topological polar surface area (TPSA) is 26.3 Å². The summed E-state index contributed by atoms with van der Waals surface area (Å²) in [4.78, 5) is 11.3. The largest absolute Gasteiger partial charge is 0.369 e. The van der Waals surface area contributed by atoms with Crippen LogP contribution in [-0.4, -0.2) is 12.4 Å². The number of benzene rings is 1. The predicted octanol–water partition coefficient (Wildman–Crippen LogP) is 2.00. The summed E-state index contributed by atoms with van der Waals surface area (Å²) in [7, 11) is 0. The van der Waals surface area contributed by atoms with E-state index in [4.69, 9.17) is 4.74 Å². The summed E-state index contributed by atoms with van der Waals surface area (Å²) in [5.41, 5.74) is 1.86. The van der Waals surface area contributed by atoms with Crippen LogP contribution >= 0.6 is 22.6 Å². The monoisotopic (exact) mass is 274 g/mol. The van der Waals surface area contributed by atoms with E-state index in [0.717, 1.165) is 14.7 Å². The van der Waals surface area contributed by atoms with Crippen LogP contribution < -0.4 is 0 Å². The van der Waals surface area contributed by atoms with E-state index in [1.54, 1.807) is 0 Å². The van der Waals surface area contributed by atoms with Gasteiger partial charge in [-0.05, 0) is 28.7 Å². The molecular weight excluding hydrogens is 267 g/mol. The third kappa shape index (κ3) is 1.27. The number of rotatable bonds is 0. The summed E-state index contributed by atoms with van der Waals surface area (Å²) in [5, 5.41) is 0. The molecule has 1 aromatic rings. The highest BCUT2D eigenvalue weighted by atomic mass is 127. The number of hydrogen-bond donors (Lipinski definition) is 0. The summed E-state index contributed by atoms with van der Waals surface area (Å²) >= 11 is 2.22. The fourth-order valence-corrected chi connectivity index (χ4v) is 1.94. The zero-order chi connectivity index (χ0) is 8.55. The van der Waals surface area contributed by atoms with Gasteiger partial charge >= 0.3 is 0 Å². The lowest BCUT2D eigenvalue weighted by atomic mass is 10.0. The van der Waals surface area contributed by atoms with E-state index in [0.29, 0.717) is 6.61 Å². The van der Waals surface area contributed by atoms with Crippen molar-refractivity contribution in [3.05, 3.63) is 32.9 Å². The molecule has 1 aliphatic heterocycles. The number of ketones is 1. The lowest BCUT2D eigenvalue weighted by molar-refractivity contribution is 0.0663. The fraction of sp³-hybridized carbons (Fsp3) is 0.222. The molecule has 0 spiro atoms. The Balaban J connectivity index is 2.59. The maximum atomic E-state index is 11.3. The van der Waals surface area contributed by atoms with Crippen molar-refractivity contribution < 1.29 is 9.53 Å². The number of Topliss-reactive ketones (excluding diaryl/α,β-unsaturated/α-hetero) is 1. The van der Waals surface area contributed by atoms with Gasteiger partial charge < -0.3 is 4.74 Å². The minimum absolute atomic E-state index is 0.0924. The maximum absolute atomic E-state index is 11.3. The normalized spacial score (nSPS) is 15.9. The van der Waals surface area contributed by atoms with Crippen LogP contribution in [0.15, 0.2) is 18.2 Å². The first kappa shape index (κ1) is 8.19. The Labute approximate surface area is 84.1 Å². The molecule has 0 unspecified atom stereocenters. The average molecular weight is 274 g/mol. The van der Waals surface area contributed by atoms with Gasteiger partial charge in [0, 0.05) is 14.7 Å². The smallest absolute Gasteiger partial charge is 0.188 e. The summed E-state index contributed by atoms with van der Waals surface area (Å²) in [6.45, 7) is 0.799. The van der Waals surface area contributed by atoms with E-state index in [1.165, 1.54) is 0 Å². The van der Waals surface area contributed by atoms with Crippen molar-refractivity contribution in [3.8, 4) is 0 Å². The van der Waals surface area contributed by atoms with Gasteiger partial charge in [0.15, 0.2) is 5.78 Å². The molecule has 1 aromatic carbocycles. The van der Waals surface area contributed by atoms with E-state index in [1.807, 2.05) is 18.2 Å². The highest BCUT2D eigenvalue weighted by Gasteiger charge is 2.18. The molecule has 0 saturated carbocycles.